The zero-order valence-corrected chi connectivity index (χ0v) is 18.6. The number of amides is 1. The number of methoxy groups -OCH3 is 1. The maximum atomic E-state index is 13.3. The van der Waals surface area contributed by atoms with Gasteiger partial charge in [0.05, 0.1) is 36.5 Å². The van der Waals surface area contributed by atoms with Crippen LogP contribution in [0.15, 0.2) is 61.2 Å². The average molecular weight is 475 g/mol. The minimum Gasteiger partial charge on any atom is -0.469 e. The molecule has 11 heteroatoms. The molecule has 0 aliphatic carbocycles. The Morgan fingerprint density at radius 1 is 1.18 bits per heavy atom. The van der Waals surface area contributed by atoms with Crippen LogP contribution in [0.5, 0.6) is 0 Å². The molecule has 1 amide bonds. The van der Waals surface area contributed by atoms with Crippen LogP contribution in [0.3, 0.4) is 0 Å². The minimum absolute atomic E-state index is 0.0639. The topological polar surface area (TPSA) is 89.4 Å². The van der Waals surface area contributed by atoms with Crippen molar-refractivity contribution >= 4 is 17.6 Å². The van der Waals surface area contributed by atoms with Gasteiger partial charge in [-0.1, -0.05) is 37.3 Å². The summed E-state index contributed by atoms with van der Waals surface area (Å²) >= 11 is 0. The highest BCUT2D eigenvalue weighted by Gasteiger charge is 2.31. The number of carbonyl (C=O) groups excluding carboxylic acids is 2. The number of benzene rings is 2. The molecule has 180 valence electrons. The summed E-state index contributed by atoms with van der Waals surface area (Å²) in [5, 5.41) is 6.50. The fourth-order valence-corrected chi connectivity index (χ4v) is 3.43. The Balaban J connectivity index is 1.83. The van der Waals surface area contributed by atoms with Gasteiger partial charge in [0, 0.05) is 13.1 Å². The van der Waals surface area contributed by atoms with Gasteiger partial charge in [0.2, 0.25) is 5.91 Å². The predicted octanol–water partition coefficient (Wildman–Crippen LogP) is 3.54. The van der Waals surface area contributed by atoms with E-state index >= 15 is 0 Å². The zero-order valence-electron chi connectivity index (χ0n) is 18.6. The molecule has 0 fully saturated rings. The van der Waals surface area contributed by atoms with E-state index in [1.54, 1.807) is 11.8 Å². The van der Waals surface area contributed by atoms with Gasteiger partial charge in [0.1, 0.15) is 12.7 Å². The van der Waals surface area contributed by atoms with Crippen molar-refractivity contribution in [1.29, 1.82) is 0 Å². The normalized spacial score (nSPS) is 12.4. The van der Waals surface area contributed by atoms with E-state index in [9.17, 15) is 22.8 Å². The molecule has 8 nitrogen and oxygen atoms in total. The maximum absolute atomic E-state index is 13.3. The fourth-order valence-electron chi connectivity index (χ4n) is 3.43. The minimum atomic E-state index is -4.59. The SMILES string of the molecule is COC(=O)C(C)CN(CC(=O)Nc1cc(C(F)(F)F)ccc1-n1cncn1)Cc1ccccc1. The lowest BCUT2D eigenvalue weighted by Crippen LogP contribution is -2.38. The van der Waals surface area contributed by atoms with Crippen LogP contribution in [0.25, 0.3) is 5.69 Å². The van der Waals surface area contributed by atoms with Crippen LogP contribution in [0, 0.1) is 5.92 Å². The number of nitrogens with one attached hydrogen (secondary N) is 1. The molecule has 3 rings (SSSR count). The number of esters is 1. The Bertz CT molecular complexity index is 1100. The van der Waals surface area contributed by atoms with Crippen molar-refractivity contribution in [2.75, 3.05) is 25.5 Å². The van der Waals surface area contributed by atoms with Crippen LogP contribution in [-0.4, -0.2) is 51.7 Å². The molecule has 2 aromatic carbocycles. The van der Waals surface area contributed by atoms with Gasteiger partial charge in [0.25, 0.3) is 0 Å². The first kappa shape index (κ1) is 24.9. The summed E-state index contributed by atoms with van der Waals surface area (Å²) in [4.78, 5) is 30.4. The molecule has 1 N–H and O–H groups in total. The fraction of sp³-hybridized carbons (Fsp3) is 0.304. The van der Waals surface area contributed by atoms with E-state index in [1.807, 2.05) is 30.3 Å². The molecule has 0 spiro atoms. The van der Waals surface area contributed by atoms with Crippen LogP contribution in [0.4, 0.5) is 18.9 Å². The standard InChI is InChI=1S/C23H24F3N5O3/c1-16(22(33)34-2)11-30(12-17-6-4-3-5-7-17)13-21(32)29-19-10-18(23(24,25)26)8-9-20(19)31-15-27-14-28-31/h3-10,14-16H,11-13H2,1-2H3,(H,29,32). The number of aromatic nitrogens is 3. The van der Waals surface area contributed by atoms with E-state index in [4.69, 9.17) is 4.74 Å². The summed E-state index contributed by atoms with van der Waals surface area (Å²) in [6, 6.07) is 12.3. The molecule has 0 saturated carbocycles. The van der Waals surface area contributed by atoms with Crippen molar-refractivity contribution in [3.63, 3.8) is 0 Å². The number of carbonyl (C=O) groups is 2. The highest BCUT2D eigenvalue weighted by atomic mass is 19.4. The Morgan fingerprint density at radius 3 is 2.53 bits per heavy atom. The smallest absolute Gasteiger partial charge is 0.416 e. The van der Waals surface area contributed by atoms with E-state index in [0.29, 0.717) is 6.54 Å². The molecule has 1 atom stereocenters. The zero-order chi connectivity index (χ0) is 24.7. The lowest BCUT2D eigenvalue weighted by Gasteiger charge is -2.24. The van der Waals surface area contributed by atoms with E-state index < -0.39 is 29.5 Å². The molecule has 0 saturated heterocycles. The molecular weight excluding hydrogens is 451 g/mol. The van der Waals surface area contributed by atoms with E-state index in [2.05, 4.69) is 15.4 Å². The number of anilines is 1. The summed E-state index contributed by atoms with van der Waals surface area (Å²) in [5.41, 5.74) is 0.171. The van der Waals surface area contributed by atoms with E-state index in [-0.39, 0.29) is 24.5 Å². The molecular formula is C23H24F3N5O3. The molecule has 0 aliphatic rings. The Hall–Kier alpha value is -3.73. The molecule has 1 aromatic heterocycles. The van der Waals surface area contributed by atoms with Gasteiger partial charge in [-0.2, -0.15) is 18.3 Å². The molecule has 34 heavy (non-hydrogen) atoms. The van der Waals surface area contributed by atoms with Gasteiger partial charge in [-0.15, -0.1) is 0 Å². The average Bonchev–Trinajstić information content (AvgIpc) is 3.33. The lowest BCUT2D eigenvalue weighted by atomic mass is 10.1. The number of hydrogen-bond donors (Lipinski definition) is 1. The van der Waals surface area contributed by atoms with Crippen molar-refractivity contribution in [1.82, 2.24) is 19.7 Å². The van der Waals surface area contributed by atoms with Gasteiger partial charge < -0.3 is 10.1 Å². The Kier molecular flexibility index (Phi) is 8.00. The quantitative estimate of drug-likeness (QED) is 0.477. The summed E-state index contributed by atoms with van der Waals surface area (Å²) < 4.78 is 45.9. The first-order valence-electron chi connectivity index (χ1n) is 10.4. The summed E-state index contributed by atoms with van der Waals surface area (Å²) in [6.45, 7) is 2.09. The van der Waals surface area contributed by atoms with Crippen LogP contribution < -0.4 is 5.32 Å². The van der Waals surface area contributed by atoms with Crippen molar-refractivity contribution in [3.8, 4) is 5.69 Å². The molecule has 0 bridgehead atoms. The predicted molar refractivity (Wildman–Crippen MR) is 118 cm³/mol. The van der Waals surface area contributed by atoms with Crippen molar-refractivity contribution in [3.05, 3.63) is 72.3 Å². The van der Waals surface area contributed by atoms with E-state index in [1.165, 1.54) is 30.5 Å². The summed E-state index contributed by atoms with van der Waals surface area (Å²) in [6.07, 6.45) is -2.03. The van der Waals surface area contributed by atoms with Gasteiger partial charge in [-0.25, -0.2) is 9.67 Å². The summed E-state index contributed by atoms with van der Waals surface area (Å²) in [5.74, 6) is -1.49. The third kappa shape index (κ3) is 6.64. The van der Waals surface area contributed by atoms with Gasteiger partial charge in [-0.3, -0.25) is 14.5 Å². The first-order valence-corrected chi connectivity index (χ1v) is 10.4. The first-order chi connectivity index (χ1) is 16.2. The van der Waals surface area contributed by atoms with Crippen LogP contribution in [-0.2, 0) is 27.0 Å². The second-order valence-electron chi connectivity index (χ2n) is 7.70. The number of nitrogens with zero attached hydrogens (tertiary/aromatic N) is 4. The second kappa shape index (κ2) is 10.9. The monoisotopic (exact) mass is 475 g/mol. The number of ether oxygens (including phenoxy) is 1. The van der Waals surface area contributed by atoms with Crippen molar-refractivity contribution in [2.24, 2.45) is 5.92 Å². The highest BCUT2D eigenvalue weighted by molar-refractivity contribution is 5.94. The molecule has 1 unspecified atom stereocenters. The maximum Gasteiger partial charge on any atom is 0.416 e. The molecule has 1 heterocycles. The second-order valence-corrected chi connectivity index (χ2v) is 7.70. The molecule has 0 aliphatic heterocycles. The largest absolute Gasteiger partial charge is 0.469 e. The van der Waals surface area contributed by atoms with Gasteiger partial charge in [-0.05, 0) is 23.8 Å². The van der Waals surface area contributed by atoms with Crippen molar-refractivity contribution < 1.29 is 27.5 Å². The molecule has 3 aromatic rings. The third-order valence-electron chi connectivity index (χ3n) is 5.02. The Morgan fingerprint density at radius 2 is 1.91 bits per heavy atom. The lowest BCUT2D eigenvalue weighted by molar-refractivity contribution is -0.145. The number of hydrogen-bond acceptors (Lipinski definition) is 6. The van der Waals surface area contributed by atoms with Crippen LogP contribution >= 0.6 is 0 Å². The van der Waals surface area contributed by atoms with Crippen molar-refractivity contribution in [2.45, 2.75) is 19.6 Å². The highest BCUT2D eigenvalue weighted by Crippen LogP contribution is 2.33. The van der Waals surface area contributed by atoms with Gasteiger partial charge >= 0.3 is 12.1 Å². The summed E-state index contributed by atoms with van der Waals surface area (Å²) in [7, 11) is 1.28. The number of halogens is 3. The van der Waals surface area contributed by atoms with Gasteiger partial charge in [0.15, 0.2) is 0 Å². The van der Waals surface area contributed by atoms with Crippen LogP contribution in [0.2, 0.25) is 0 Å². The third-order valence-corrected chi connectivity index (χ3v) is 5.02. The number of rotatable bonds is 9. The van der Waals surface area contributed by atoms with Crippen LogP contribution in [0.1, 0.15) is 18.1 Å². The van der Waals surface area contributed by atoms with E-state index in [0.717, 1.165) is 17.7 Å². The molecule has 0 radical (unpaired) electrons. The Labute approximate surface area is 194 Å². The number of alkyl halides is 3.